The van der Waals surface area contributed by atoms with Gasteiger partial charge in [-0.15, -0.1) is 0 Å². The monoisotopic (exact) mass is 232 g/mol. The highest BCUT2D eigenvalue weighted by Crippen LogP contribution is 2.31. The number of aliphatic hydroxyl groups excluding tert-OH is 1. The number of aliphatic hydroxyl groups is 1. The van der Waals surface area contributed by atoms with E-state index in [4.69, 9.17) is 4.74 Å². The van der Waals surface area contributed by atoms with Gasteiger partial charge in [0.2, 0.25) is 0 Å². The second kappa shape index (κ2) is 4.79. The van der Waals surface area contributed by atoms with Gasteiger partial charge in [-0.25, -0.2) is 0 Å². The Morgan fingerprint density at radius 1 is 1.18 bits per heavy atom. The van der Waals surface area contributed by atoms with Crippen molar-refractivity contribution in [3.63, 3.8) is 0 Å². The van der Waals surface area contributed by atoms with Crippen molar-refractivity contribution in [1.82, 2.24) is 0 Å². The van der Waals surface area contributed by atoms with Gasteiger partial charge in [0.25, 0.3) is 0 Å². The van der Waals surface area contributed by atoms with E-state index in [0.29, 0.717) is 6.61 Å². The van der Waals surface area contributed by atoms with E-state index in [9.17, 15) is 5.11 Å². The molecule has 1 aliphatic carbocycles. The van der Waals surface area contributed by atoms with Gasteiger partial charge >= 0.3 is 0 Å². The molecule has 1 aromatic carbocycles. The van der Waals surface area contributed by atoms with Crippen molar-refractivity contribution in [3.05, 3.63) is 34.9 Å². The SMILES string of the molecule is OC(c1ccc2c(c1)CCCC2)C1CCOC1. The Morgan fingerprint density at radius 2 is 2.00 bits per heavy atom. The number of aryl methyl sites for hydroxylation is 2. The molecule has 1 N–H and O–H groups in total. The highest BCUT2D eigenvalue weighted by Gasteiger charge is 2.25. The Labute approximate surface area is 103 Å². The fourth-order valence-corrected chi connectivity index (χ4v) is 3.01. The normalized spacial score (nSPS) is 25.6. The van der Waals surface area contributed by atoms with E-state index in [1.807, 2.05) is 0 Å². The third kappa shape index (κ3) is 2.24. The van der Waals surface area contributed by atoms with Crippen molar-refractivity contribution in [1.29, 1.82) is 0 Å². The minimum Gasteiger partial charge on any atom is -0.388 e. The van der Waals surface area contributed by atoms with Crippen LogP contribution in [0.5, 0.6) is 0 Å². The first kappa shape index (κ1) is 11.2. The summed E-state index contributed by atoms with van der Waals surface area (Å²) < 4.78 is 5.35. The first-order chi connectivity index (χ1) is 8.34. The van der Waals surface area contributed by atoms with Crippen LogP contribution in [0.1, 0.15) is 42.1 Å². The molecular weight excluding hydrogens is 212 g/mol. The highest BCUT2D eigenvalue weighted by atomic mass is 16.5. The standard InChI is InChI=1S/C15H20O2/c16-15(14-7-8-17-10-14)13-6-5-11-3-1-2-4-12(11)9-13/h5-6,9,14-16H,1-4,7-8,10H2. The minimum absolute atomic E-state index is 0.289. The molecule has 2 heteroatoms. The predicted octanol–water partition coefficient (Wildman–Crippen LogP) is 2.64. The Hall–Kier alpha value is -0.860. The molecular formula is C15H20O2. The zero-order valence-corrected chi connectivity index (χ0v) is 10.2. The smallest absolute Gasteiger partial charge is 0.0841 e. The maximum Gasteiger partial charge on any atom is 0.0841 e. The highest BCUT2D eigenvalue weighted by molar-refractivity contribution is 5.35. The number of hydrogen-bond donors (Lipinski definition) is 1. The quantitative estimate of drug-likeness (QED) is 0.849. The molecule has 2 atom stereocenters. The van der Waals surface area contributed by atoms with Gasteiger partial charge < -0.3 is 9.84 Å². The first-order valence-electron chi connectivity index (χ1n) is 6.72. The van der Waals surface area contributed by atoms with Crippen LogP contribution in [-0.2, 0) is 17.6 Å². The number of fused-ring (bicyclic) bond motifs is 1. The zero-order chi connectivity index (χ0) is 11.7. The number of ether oxygens (including phenoxy) is 1. The van der Waals surface area contributed by atoms with Crippen molar-refractivity contribution >= 4 is 0 Å². The van der Waals surface area contributed by atoms with Gasteiger partial charge in [0.15, 0.2) is 0 Å². The lowest BCUT2D eigenvalue weighted by Crippen LogP contribution is -2.13. The third-order valence-electron chi connectivity index (χ3n) is 4.13. The van der Waals surface area contributed by atoms with Crippen LogP contribution in [0, 0.1) is 5.92 Å². The van der Waals surface area contributed by atoms with Crippen molar-refractivity contribution in [2.24, 2.45) is 5.92 Å². The van der Waals surface area contributed by atoms with Gasteiger partial charge in [0, 0.05) is 12.5 Å². The number of rotatable bonds is 2. The Kier molecular flexibility index (Phi) is 3.17. The first-order valence-corrected chi connectivity index (χ1v) is 6.72. The lowest BCUT2D eigenvalue weighted by atomic mass is 9.87. The van der Waals surface area contributed by atoms with E-state index in [-0.39, 0.29) is 12.0 Å². The molecule has 0 saturated carbocycles. The minimum atomic E-state index is -0.343. The van der Waals surface area contributed by atoms with Crippen molar-refractivity contribution < 1.29 is 9.84 Å². The van der Waals surface area contributed by atoms with Gasteiger partial charge in [-0.05, 0) is 48.8 Å². The van der Waals surface area contributed by atoms with Crippen molar-refractivity contribution in [2.75, 3.05) is 13.2 Å². The Morgan fingerprint density at radius 3 is 2.76 bits per heavy atom. The summed E-state index contributed by atoms with van der Waals surface area (Å²) in [6.45, 7) is 1.50. The van der Waals surface area contributed by atoms with E-state index in [1.54, 1.807) is 0 Å². The van der Waals surface area contributed by atoms with Crippen LogP contribution in [-0.4, -0.2) is 18.3 Å². The summed E-state index contributed by atoms with van der Waals surface area (Å²) in [5.74, 6) is 0.289. The average Bonchev–Trinajstić information content (AvgIpc) is 2.91. The zero-order valence-electron chi connectivity index (χ0n) is 10.2. The summed E-state index contributed by atoms with van der Waals surface area (Å²) in [4.78, 5) is 0. The van der Waals surface area contributed by atoms with E-state index in [0.717, 1.165) is 18.6 Å². The molecule has 2 aliphatic rings. The van der Waals surface area contributed by atoms with Gasteiger partial charge in [-0.2, -0.15) is 0 Å². The molecule has 0 bridgehead atoms. The molecule has 17 heavy (non-hydrogen) atoms. The fraction of sp³-hybridized carbons (Fsp3) is 0.600. The molecule has 92 valence electrons. The Bertz CT molecular complexity index is 394. The maximum absolute atomic E-state index is 10.3. The molecule has 2 unspecified atom stereocenters. The van der Waals surface area contributed by atoms with Crippen LogP contribution in [0.2, 0.25) is 0 Å². The lowest BCUT2D eigenvalue weighted by molar-refractivity contribution is 0.0917. The lowest BCUT2D eigenvalue weighted by Gasteiger charge is -2.21. The second-order valence-corrected chi connectivity index (χ2v) is 5.30. The molecule has 0 aromatic heterocycles. The van der Waals surface area contributed by atoms with E-state index in [1.165, 1.54) is 36.8 Å². The summed E-state index contributed by atoms with van der Waals surface area (Å²) in [6.07, 6.45) is 5.63. The van der Waals surface area contributed by atoms with Gasteiger partial charge in [-0.1, -0.05) is 18.2 Å². The fourth-order valence-electron chi connectivity index (χ4n) is 3.01. The summed E-state index contributed by atoms with van der Waals surface area (Å²) in [7, 11) is 0. The van der Waals surface area contributed by atoms with Crippen LogP contribution in [0.25, 0.3) is 0 Å². The largest absolute Gasteiger partial charge is 0.388 e. The van der Waals surface area contributed by atoms with Gasteiger partial charge in [0.1, 0.15) is 0 Å². The van der Waals surface area contributed by atoms with Crippen LogP contribution in [0.15, 0.2) is 18.2 Å². The average molecular weight is 232 g/mol. The van der Waals surface area contributed by atoms with Crippen LogP contribution in [0.3, 0.4) is 0 Å². The summed E-state index contributed by atoms with van der Waals surface area (Å²) in [5.41, 5.74) is 4.02. The van der Waals surface area contributed by atoms with Crippen LogP contribution < -0.4 is 0 Å². The molecule has 3 rings (SSSR count). The summed E-state index contributed by atoms with van der Waals surface area (Å²) in [6, 6.07) is 6.54. The molecule has 1 heterocycles. The molecule has 0 spiro atoms. The second-order valence-electron chi connectivity index (χ2n) is 5.30. The number of hydrogen-bond acceptors (Lipinski definition) is 2. The van der Waals surface area contributed by atoms with Gasteiger partial charge in [-0.3, -0.25) is 0 Å². The van der Waals surface area contributed by atoms with E-state index >= 15 is 0 Å². The topological polar surface area (TPSA) is 29.5 Å². The molecule has 0 amide bonds. The summed E-state index contributed by atoms with van der Waals surface area (Å²) >= 11 is 0. The molecule has 1 aromatic rings. The van der Waals surface area contributed by atoms with Crippen molar-refractivity contribution in [2.45, 2.75) is 38.2 Å². The Balaban J connectivity index is 1.82. The number of benzene rings is 1. The molecule has 1 aliphatic heterocycles. The van der Waals surface area contributed by atoms with Crippen LogP contribution >= 0.6 is 0 Å². The molecule has 0 radical (unpaired) electrons. The van der Waals surface area contributed by atoms with Crippen molar-refractivity contribution in [3.8, 4) is 0 Å². The van der Waals surface area contributed by atoms with Crippen LogP contribution in [0.4, 0.5) is 0 Å². The molecule has 1 fully saturated rings. The van der Waals surface area contributed by atoms with E-state index < -0.39 is 0 Å². The molecule has 1 saturated heterocycles. The third-order valence-corrected chi connectivity index (χ3v) is 4.13. The summed E-state index contributed by atoms with van der Waals surface area (Å²) in [5, 5.41) is 10.3. The van der Waals surface area contributed by atoms with Gasteiger partial charge in [0.05, 0.1) is 12.7 Å². The predicted molar refractivity (Wildman–Crippen MR) is 67.0 cm³/mol. The van der Waals surface area contributed by atoms with E-state index in [2.05, 4.69) is 18.2 Å². The maximum atomic E-state index is 10.3. The molecule has 2 nitrogen and oxygen atoms in total.